The van der Waals surface area contributed by atoms with Crippen molar-refractivity contribution in [1.29, 1.82) is 0 Å². The van der Waals surface area contributed by atoms with Gasteiger partial charge in [-0.1, -0.05) is 25.7 Å². The molecule has 4 nitrogen and oxygen atoms in total. The molecule has 0 bridgehead atoms. The number of nitrogens with two attached hydrogens (primary N) is 1. The minimum Gasteiger partial charge on any atom is -0.271 e. The van der Waals surface area contributed by atoms with Crippen molar-refractivity contribution in [3.8, 4) is 0 Å². The predicted octanol–water partition coefficient (Wildman–Crippen LogP) is 3.05. The zero-order chi connectivity index (χ0) is 14.5. The van der Waals surface area contributed by atoms with E-state index in [4.69, 9.17) is 10.9 Å². The van der Waals surface area contributed by atoms with Crippen LogP contribution in [-0.2, 0) is 6.42 Å². The van der Waals surface area contributed by atoms with E-state index in [1.165, 1.54) is 57.1 Å². The van der Waals surface area contributed by atoms with Crippen LogP contribution in [0.1, 0.15) is 63.1 Å². The van der Waals surface area contributed by atoms with E-state index in [1.54, 1.807) is 0 Å². The first-order chi connectivity index (χ1) is 10.3. The van der Waals surface area contributed by atoms with Crippen molar-refractivity contribution in [1.82, 2.24) is 15.2 Å². The zero-order valence-electron chi connectivity index (χ0n) is 12.8. The number of rotatable bonds is 7. The summed E-state index contributed by atoms with van der Waals surface area (Å²) in [5.41, 5.74) is 4.16. The molecule has 0 amide bonds. The molecule has 0 spiro atoms. The van der Waals surface area contributed by atoms with Crippen LogP contribution in [0.15, 0.2) is 12.3 Å². The van der Waals surface area contributed by atoms with E-state index in [1.807, 2.05) is 0 Å². The van der Waals surface area contributed by atoms with Gasteiger partial charge >= 0.3 is 0 Å². The lowest BCUT2D eigenvalue weighted by molar-refractivity contribution is 0.459. The van der Waals surface area contributed by atoms with Gasteiger partial charge in [0.2, 0.25) is 0 Å². The summed E-state index contributed by atoms with van der Waals surface area (Å²) >= 11 is 2.09. The molecule has 0 radical (unpaired) electrons. The van der Waals surface area contributed by atoms with Crippen LogP contribution < -0.4 is 11.3 Å². The second-order valence-corrected chi connectivity index (χ2v) is 7.87. The second kappa shape index (κ2) is 7.65. The van der Waals surface area contributed by atoms with Gasteiger partial charge in [0, 0.05) is 29.7 Å². The van der Waals surface area contributed by atoms with E-state index in [2.05, 4.69) is 34.1 Å². The lowest BCUT2D eigenvalue weighted by Crippen LogP contribution is -2.39. The molecule has 3 N–H and O–H groups in total. The van der Waals surface area contributed by atoms with Crippen LogP contribution >= 0.6 is 11.8 Å². The average Bonchev–Trinajstić information content (AvgIpc) is 3.24. The molecular formula is C16H28N4S. The molecule has 2 aliphatic rings. The SMILES string of the molecule is NNC(CSC1CCCC1)Cc1ccn(C2CCCC2)n1. The van der Waals surface area contributed by atoms with Gasteiger partial charge in [0.1, 0.15) is 0 Å². The third-order valence-electron chi connectivity index (χ3n) is 4.89. The number of aromatic nitrogens is 2. The van der Waals surface area contributed by atoms with E-state index >= 15 is 0 Å². The maximum absolute atomic E-state index is 5.74. The van der Waals surface area contributed by atoms with Gasteiger partial charge in [-0.25, -0.2) is 0 Å². The van der Waals surface area contributed by atoms with E-state index in [9.17, 15) is 0 Å². The molecule has 2 fully saturated rings. The quantitative estimate of drug-likeness (QED) is 0.600. The predicted molar refractivity (Wildman–Crippen MR) is 89.3 cm³/mol. The summed E-state index contributed by atoms with van der Waals surface area (Å²) < 4.78 is 2.18. The lowest BCUT2D eigenvalue weighted by Gasteiger charge is -2.17. The first kappa shape index (κ1) is 15.4. The molecule has 1 atom stereocenters. The van der Waals surface area contributed by atoms with Gasteiger partial charge in [-0.3, -0.25) is 16.0 Å². The fourth-order valence-corrected chi connectivity index (χ4v) is 4.97. The molecule has 1 unspecified atom stereocenters. The number of thioether (sulfide) groups is 1. The molecule has 0 aliphatic heterocycles. The van der Waals surface area contributed by atoms with E-state index < -0.39 is 0 Å². The van der Waals surface area contributed by atoms with Crippen LogP contribution in [0.25, 0.3) is 0 Å². The van der Waals surface area contributed by atoms with Crippen LogP contribution in [0.4, 0.5) is 0 Å². The van der Waals surface area contributed by atoms with Crippen molar-refractivity contribution < 1.29 is 0 Å². The molecule has 3 rings (SSSR count). The highest BCUT2D eigenvalue weighted by molar-refractivity contribution is 7.99. The van der Waals surface area contributed by atoms with Crippen LogP contribution in [0, 0.1) is 0 Å². The number of hydrogen-bond donors (Lipinski definition) is 2. The summed E-state index contributed by atoms with van der Waals surface area (Å²) in [5.74, 6) is 6.83. The molecule has 2 aliphatic carbocycles. The van der Waals surface area contributed by atoms with Gasteiger partial charge < -0.3 is 0 Å². The largest absolute Gasteiger partial charge is 0.271 e. The monoisotopic (exact) mass is 308 g/mol. The Morgan fingerprint density at radius 2 is 1.95 bits per heavy atom. The summed E-state index contributed by atoms with van der Waals surface area (Å²) in [7, 11) is 0. The van der Waals surface area contributed by atoms with E-state index in [0.717, 1.165) is 17.4 Å². The Kier molecular flexibility index (Phi) is 5.61. The van der Waals surface area contributed by atoms with Crippen LogP contribution in [0.5, 0.6) is 0 Å². The zero-order valence-corrected chi connectivity index (χ0v) is 13.7. The Morgan fingerprint density at radius 1 is 1.24 bits per heavy atom. The number of hydrazine groups is 1. The number of nitrogens with zero attached hydrogens (tertiary/aromatic N) is 2. The van der Waals surface area contributed by atoms with Gasteiger partial charge in [-0.05, 0) is 31.7 Å². The van der Waals surface area contributed by atoms with Crippen molar-refractivity contribution in [2.75, 3.05) is 5.75 Å². The minimum atomic E-state index is 0.336. The van der Waals surface area contributed by atoms with Gasteiger partial charge in [-0.2, -0.15) is 16.9 Å². The molecule has 1 aromatic rings. The lowest BCUT2D eigenvalue weighted by atomic mass is 10.2. The second-order valence-electron chi connectivity index (χ2n) is 6.53. The molecule has 118 valence electrons. The van der Waals surface area contributed by atoms with Crippen LogP contribution in [0.2, 0.25) is 0 Å². The minimum absolute atomic E-state index is 0.336. The maximum Gasteiger partial charge on any atom is 0.0641 e. The van der Waals surface area contributed by atoms with Crippen LogP contribution in [-0.4, -0.2) is 26.8 Å². The standard InChI is InChI=1S/C16H28N4S/c17-18-14(12-21-16-7-3-4-8-16)11-13-9-10-20(19-13)15-5-1-2-6-15/h9-10,14-16,18H,1-8,11-12,17H2. The molecule has 21 heavy (non-hydrogen) atoms. The van der Waals surface area contributed by atoms with Gasteiger partial charge in [0.05, 0.1) is 11.7 Å². The van der Waals surface area contributed by atoms with Gasteiger partial charge in [-0.15, -0.1) is 0 Å². The molecule has 0 aromatic carbocycles. The third kappa shape index (κ3) is 4.24. The topological polar surface area (TPSA) is 55.9 Å². The van der Waals surface area contributed by atoms with Gasteiger partial charge in [0.15, 0.2) is 0 Å². The summed E-state index contributed by atoms with van der Waals surface area (Å²) in [6.07, 6.45) is 14.0. The summed E-state index contributed by atoms with van der Waals surface area (Å²) in [6, 6.07) is 3.14. The van der Waals surface area contributed by atoms with Gasteiger partial charge in [0.25, 0.3) is 0 Å². The number of nitrogens with one attached hydrogen (secondary N) is 1. The number of hydrogen-bond acceptors (Lipinski definition) is 4. The molecule has 1 aromatic heterocycles. The Labute approximate surface area is 132 Å². The summed E-state index contributed by atoms with van der Waals surface area (Å²) in [5, 5.41) is 5.63. The Bertz CT molecular complexity index is 422. The van der Waals surface area contributed by atoms with Crippen molar-refractivity contribution in [3.05, 3.63) is 18.0 Å². The fraction of sp³-hybridized carbons (Fsp3) is 0.812. The van der Waals surface area contributed by atoms with Crippen molar-refractivity contribution in [2.45, 2.75) is 75.1 Å². The molecule has 1 heterocycles. The highest BCUT2D eigenvalue weighted by atomic mass is 32.2. The van der Waals surface area contributed by atoms with E-state index in [-0.39, 0.29) is 0 Å². The highest BCUT2D eigenvalue weighted by Crippen LogP contribution is 2.30. The van der Waals surface area contributed by atoms with Crippen LogP contribution in [0.3, 0.4) is 0 Å². The maximum atomic E-state index is 5.74. The highest BCUT2D eigenvalue weighted by Gasteiger charge is 2.20. The molecule has 0 saturated heterocycles. The summed E-state index contributed by atoms with van der Waals surface area (Å²) in [6.45, 7) is 0. The van der Waals surface area contributed by atoms with Crippen molar-refractivity contribution in [2.24, 2.45) is 5.84 Å². The Balaban J connectivity index is 1.48. The Morgan fingerprint density at radius 3 is 2.67 bits per heavy atom. The first-order valence-electron chi connectivity index (χ1n) is 8.47. The fourth-order valence-electron chi connectivity index (χ4n) is 3.58. The first-order valence-corrected chi connectivity index (χ1v) is 9.52. The Hall–Kier alpha value is -0.520. The summed E-state index contributed by atoms with van der Waals surface area (Å²) in [4.78, 5) is 0. The average molecular weight is 308 g/mol. The third-order valence-corrected chi connectivity index (χ3v) is 6.43. The smallest absolute Gasteiger partial charge is 0.0641 e. The van der Waals surface area contributed by atoms with Crippen molar-refractivity contribution in [3.63, 3.8) is 0 Å². The van der Waals surface area contributed by atoms with Crippen molar-refractivity contribution >= 4 is 11.8 Å². The van der Waals surface area contributed by atoms with E-state index in [0.29, 0.717) is 12.1 Å². The molecule has 5 heteroatoms. The molecular weight excluding hydrogens is 280 g/mol. The normalized spacial score (nSPS) is 22.1. The molecule has 2 saturated carbocycles.